The zero-order valence-corrected chi connectivity index (χ0v) is 12.8. The average molecular weight is 345 g/mol. The minimum absolute atomic E-state index is 0.0468. The topological polar surface area (TPSA) is 88.1 Å². The maximum Gasteiger partial charge on any atom is 0.432 e. The summed E-state index contributed by atoms with van der Waals surface area (Å²) < 4.78 is 68.0. The zero-order chi connectivity index (χ0) is 16.8. The van der Waals surface area contributed by atoms with Crippen molar-refractivity contribution in [3.63, 3.8) is 0 Å². The van der Waals surface area contributed by atoms with Crippen LogP contribution in [0.3, 0.4) is 0 Å². The van der Waals surface area contributed by atoms with E-state index < -0.39 is 33.8 Å². The molecule has 0 radical (unpaired) electrons. The smallest absolute Gasteiger partial charge is 0.432 e. The lowest BCUT2D eigenvalue weighted by molar-refractivity contribution is -0.0594. The molecule has 0 spiro atoms. The third-order valence-corrected chi connectivity index (χ3v) is 4.70. The molecule has 22 heavy (non-hydrogen) atoms. The number of piperidine rings is 1. The lowest BCUT2D eigenvalue weighted by Gasteiger charge is -2.26. The summed E-state index contributed by atoms with van der Waals surface area (Å²) in [5, 5.41) is 2.85. The molecule has 0 aromatic heterocycles. The van der Waals surface area contributed by atoms with Gasteiger partial charge in [0.15, 0.2) is 5.71 Å². The third kappa shape index (κ3) is 5.79. The lowest BCUT2D eigenvalue weighted by Crippen LogP contribution is -2.42. The number of nitrogens with zero attached hydrogens (tertiary/aromatic N) is 2. The van der Waals surface area contributed by atoms with E-state index in [0.717, 1.165) is 10.7 Å². The largest absolute Gasteiger partial charge is 0.449 e. The van der Waals surface area contributed by atoms with Crippen LogP contribution < -0.4 is 5.43 Å². The number of hydrogen-bond donors (Lipinski definition) is 1. The molecule has 0 aliphatic carbocycles. The number of nitrogens with one attached hydrogen (secondary N) is 1. The van der Waals surface area contributed by atoms with Crippen LogP contribution >= 0.6 is 0 Å². The molecule has 128 valence electrons. The molecule has 1 amide bonds. The number of amides is 1. The van der Waals surface area contributed by atoms with Crippen LogP contribution in [-0.4, -0.2) is 56.2 Å². The van der Waals surface area contributed by atoms with Crippen molar-refractivity contribution in [1.29, 1.82) is 0 Å². The maximum absolute atomic E-state index is 12.8. The van der Waals surface area contributed by atoms with Crippen molar-refractivity contribution in [1.82, 2.24) is 9.73 Å². The van der Waals surface area contributed by atoms with Crippen molar-refractivity contribution in [3.8, 4) is 0 Å². The summed E-state index contributed by atoms with van der Waals surface area (Å²) in [7, 11) is -4.14. The van der Waals surface area contributed by atoms with E-state index in [1.807, 2.05) is 0 Å². The van der Waals surface area contributed by atoms with Crippen molar-refractivity contribution >= 4 is 21.8 Å². The Morgan fingerprint density at radius 2 is 1.86 bits per heavy atom. The first kappa shape index (κ1) is 18.7. The van der Waals surface area contributed by atoms with Gasteiger partial charge in [0.2, 0.25) is 10.0 Å². The number of alkyl halides is 3. The molecule has 0 bridgehead atoms. The predicted molar refractivity (Wildman–Crippen MR) is 72.9 cm³/mol. The number of halogens is 3. The fourth-order valence-corrected chi connectivity index (χ4v) is 3.43. The second kappa shape index (κ2) is 7.77. The Balaban J connectivity index is 2.84. The van der Waals surface area contributed by atoms with Crippen LogP contribution in [0.2, 0.25) is 0 Å². The number of ether oxygens (including phenoxy) is 1. The summed E-state index contributed by atoms with van der Waals surface area (Å²) in [5.74, 6) is -1.32. The van der Waals surface area contributed by atoms with Crippen molar-refractivity contribution in [2.75, 3.05) is 25.4 Å². The molecule has 7 nitrogen and oxygen atoms in total. The van der Waals surface area contributed by atoms with Gasteiger partial charge in [-0.1, -0.05) is 6.42 Å². The summed E-state index contributed by atoms with van der Waals surface area (Å²) in [6.07, 6.45) is -4.09. The van der Waals surface area contributed by atoms with Gasteiger partial charge in [-0.25, -0.2) is 22.9 Å². The molecule has 0 aromatic carbocycles. The first-order chi connectivity index (χ1) is 10.2. The Kier molecular flexibility index (Phi) is 6.60. The summed E-state index contributed by atoms with van der Waals surface area (Å²) in [5.41, 5.74) is -0.0520. The van der Waals surface area contributed by atoms with Gasteiger partial charge in [-0.3, -0.25) is 0 Å². The van der Waals surface area contributed by atoms with Crippen LogP contribution in [0.4, 0.5) is 18.0 Å². The quantitative estimate of drug-likeness (QED) is 0.604. The molecule has 1 fully saturated rings. The highest BCUT2D eigenvalue weighted by Crippen LogP contribution is 2.21. The Morgan fingerprint density at radius 3 is 2.36 bits per heavy atom. The molecule has 11 heteroatoms. The number of sulfonamides is 1. The van der Waals surface area contributed by atoms with Crippen molar-refractivity contribution in [2.24, 2.45) is 5.10 Å². The number of hydrogen-bond acceptors (Lipinski definition) is 5. The minimum Gasteiger partial charge on any atom is -0.449 e. The van der Waals surface area contributed by atoms with Crippen molar-refractivity contribution in [3.05, 3.63) is 0 Å². The summed E-state index contributed by atoms with van der Waals surface area (Å²) in [6.45, 7) is 1.81. The van der Waals surface area contributed by atoms with E-state index in [1.54, 1.807) is 0 Å². The Labute approximate surface area is 126 Å². The Morgan fingerprint density at radius 1 is 1.27 bits per heavy atom. The van der Waals surface area contributed by atoms with Crippen LogP contribution in [0.5, 0.6) is 0 Å². The third-order valence-electron chi connectivity index (χ3n) is 2.91. The summed E-state index contributed by atoms with van der Waals surface area (Å²) in [6, 6.07) is 0. The average Bonchev–Trinajstić information content (AvgIpc) is 2.43. The van der Waals surface area contributed by atoms with Gasteiger partial charge in [-0.05, 0) is 19.8 Å². The highest BCUT2D eigenvalue weighted by Gasteiger charge is 2.40. The van der Waals surface area contributed by atoms with Gasteiger partial charge in [0.1, 0.15) is 5.75 Å². The van der Waals surface area contributed by atoms with Gasteiger partial charge in [0, 0.05) is 13.1 Å². The molecular weight excluding hydrogens is 327 g/mol. The van der Waals surface area contributed by atoms with Gasteiger partial charge in [-0.15, -0.1) is 0 Å². The highest BCUT2D eigenvalue weighted by atomic mass is 32.2. The Bertz CT molecular complexity index is 513. The lowest BCUT2D eigenvalue weighted by atomic mass is 10.2. The second-order valence-electron chi connectivity index (χ2n) is 4.60. The van der Waals surface area contributed by atoms with E-state index in [-0.39, 0.29) is 19.7 Å². The number of rotatable bonds is 5. The molecule has 0 saturated carbocycles. The zero-order valence-electron chi connectivity index (χ0n) is 12.0. The van der Waals surface area contributed by atoms with E-state index in [1.165, 1.54) is 12.3 Å². The standard InChI is InChI=1S/C11H18F3N3O4S/c1-2-21-10(18)16-15-9(11(12,13)14)8-22(19,20)17-6-4-3-5-7-17/h2-8H2,1H3,(H,16,18)/b15-9+. The van der Waals surface area contributed by atoms with E-state index >= 15 is 0 Å². The minimum atomic E-state index is -4.97. The molecule has 1 N–H and O–H groups in total. The molecule has 1 aliphatic heterocycles. The first-order valence-electron chi connectivity index (χ1n) is 6.71. The van der Waals surface area contributed by atoms with Crippen molar-refractivity contribution in [2.45, 2.75) is 32.4 Å². The fourth-order valence-electron chi connectivity index (χ4n) is 1.86. The monoisotopic (exact) mass is 345 g/mol. The van der Waals surface area contributed by atoms with Crippen LogP contribution in [0.1, 0.15) is 26.2 Å². The van der Waals surface area contributed by atoms with E-state index in [2.05, 4.69) is 9.84 Å². The van der Waals surface area contributed by atoms with E-state index in [9.17, 15) is 26.4 Å². The molecule has 1 heterocycles. The van der Waals surface area contributed by atoms with Crippen molar-refractivity contribution < 1.29 is 31.1 Å². The van der Waals surface area contributed by atoms with Gasteiger partial charge in [0.25, 0.3) is 0 Å². The van der Waals surface area contributed by atoms with Gasteiger partial charge in [0.05, 0.1) is 6.61 Å². The SMILES string of the molecule is CCOC(=O)N/N=C(\CS(=O)(=O)N1CCCCC1)C(F)(F)F. The maximum atomic E-state index is 12.8. The number of carbonyl (C=O) groups excluding carboxylic acids is 1. The van der Waals surface area contributed by atoms with E-state index in [0.29, 0.717) is 12.8 Å². The van der Waals surface area contributed by atoms with E-state index in [4.69, 9.17) is 0 Å². The molecule has 1 rings (SSSR count). The van der Waals surface area contributed by atoms with Gasteiger partial charge < -0.3 is 4.74 Å². The molecule has 0 atom stereocenters. The predicted octanol–water partition coefficient (Wildman–Crippen LogP) is 1.47. The molecule has 0 aromatic rings. The summed E-state index contributed by atoms with van der Waals surface area (Å²) >= 11 is 0. The van der Waals surface area contributed by atoms with Crippen LogP contribution in [0.15, 0.2) is 5.10 Å². The molecule has 1 aliphatic rings. The molecular formula is C11H18F3N3O4S. The molecule has 1 saturated heterocycles. The molecule has 0 unspecified atom stereocenters. The Hall–Kier alpha value is -1.36. The highest BCUT2D eigenvalue weighted by molar-refractivity contribution is 7.89. The summed E-state index contributed by atoms with van der Waals surface area (Å²) in [4.78, 5) is 11.0. The van der Waals surface area contributed by atoms with Crippen LogP contribution in [0, 0.1) is 0 Å². The van der Waals surface area contributed by atoms with Crippen LogP contribution in [-0.2, 0) is 14.8 Å². The van der Waals surface area contributed by atoms with Crippen LogP contribution in [0.25, 0.3) is 0 Å². The second-order valence-corrected chi connectivity index (χ2v) is 6.57. The normalized spacial score (nSPS) is 18.1. The van der Waals surface area contributed by atoms with Gasteiger partial charge >= 0.3 is 12.3 Å². The first-order valence-corrected chi connectivity index (χ1v) is 8.32. The van der Waals surface area contributed by atoms with Gasteiger partial charge in [-0.2, -0.15) is 18.3 Å². The fraction of sp³-hybridized carbons (Fsp3) is 0.818. The number of carbonyl (C=O) groups is 1. The number of hydrazone groups is 1.